The highest BCUT2D eigenvalue weighted by Gasteiger charge is 2.01. The molecule has 1 aromatic carbocycles. The lowest BCUT2D eigenvalue weighted by Crippen LogP contribution is -2.12. The van der Waals surface area contributed by atoms with Crippen molar-refractivity contribution in [1.82, 2.24) is 4.57 Å². The molecule has 0 N–H and O–H groups in total. The third-order valence-corrected chi connectivity index (χ3v) is 3.45. The maximum atomic E-state index is 12.7. The van der Waals surface area contributed by atoms with E-state index in [1.54, 1.807) is 16.7 Å². The SMILES string of the molecule is Cn1ccsc1=NC(=O)CCCOc1ccc(F)cc1. The number of carbonyl (C=O) groups is 1. The summed E-state index contributed by atoms with van der Waals surface area (Å²) in [6.45, 7) is 0.406. The van der Waals surface area contributed by atoms with Crippen molar-refractivity contribution in [3.8, 4) is 5.75 Å². The Kier molecular flexibility index (Phi) is 5.06. The maximum Gasteiger partial charge on any atom is 0.248 e. The van der Waals surface area contributed by atoms with E-state index in [1.165, 1.54) is 23.5 Å². The molecule has 0 radical (unpaired) electrons. The Labute approximate surface area is 120 Å². The van der Waals surface area contributed by atoms with Crippen LogP contribution in [0.1, 0.15) is 12.8 Å². The van der Waals surface area contributed by atoms with E-state index in [1.807, 2.05) is 18.6 Å². The molecular weight excluding hydrogens is 279 g/mol. The quantitative estimate of drug-likeness (QED) is 0.795. The number of benzene rings is 1. The third-order valence-electron chi connectivity index (χ3n) is 2.60. The lowest BCUT2D eigenvalue weighted by Gasteiger charge is -2.04. The van der Waals surface area contributed by atoms with Gasteiger partial charge in [0.2, 0.25) is 5.91 Å². The van der Waals surface area contributed by atoms with Crippen LogP contribution in [-0.2, 0) is 11.8 Å². The average Bonchev–Trinajstić information content (AvgIpc) is 2.82. The second-order valence-electron chi connectivity index (χ2n) is 4.21. The summed E-state index contributed by atoms with van der Waals surface area (Å²) in [7, 11) is 1.85. The smallest absolute Gasteiger partial charge is 0.248 e. The summed E-state index contributed by atoms with van der Waals surface area (Å²) in [6.07, 6.45) is 2.77. The molecule has 0 aliphatic carbocycles. The molecule has 4 nitrogen and oxygen atoms in total. The number of halogens is 1. The van der Waals surface area contributed by atoms with Crippen molar-refractivity contribution in [3.05, 3.63) is 46.5 Å². The van der Waals surface area contributed by atoms with Crippen molar-refractivity contribution in [2.75, 3.05) is 6.61 Å². The largest absolute Gasteiger partial charge is 0.494 e. The number of thiazole rings is 1. The molecule has 2 aromatic rings. The van der Waals surface area contributed by atoms with Gasteiger partial charge in [-0.3, -0.25) is 4.79 Å². The molecule has 0 fully saturated rings. The van der Waals surface area contributed by atoms with Crippen LogP contribution < -0.4 is 9.54 Å². The standard InChI is InChI=1S/C14H15FN2O2S/c1-17-8-10-20-14(17)16-13(18)3-2-9-19-12-6-4-11(15)5-7-12/h4-8,10H,2-3,9H2,1H3. The van der Waals surface area contributed by atoms with Gasteiger partial charge >= 0.3 is 0 Å². The Balaban J connectivity index is 1.75. The summed E-state index contributed by atoms with van der Waals surface area (Å²) in [6, 6.07) is 5.81. The zero-order valence-corrected chi connectivity index (χ0v) is 11.9. The van der Waals surface area contributed by atoms with Gasteiger partial charge in [-0.1, -0.05) is 0 Å². The highest BCUT2D eigenvalue weighted by Crippen LogP contribution is 2.11. The molecule has 106 valence electrons. The Bertz CT molecular complexity index is 631. The van der Waals surface area contributed by atoms with Crippen LogP contribution in [0.5, 0.6) is 5.75 Å². The van der Waals surface area contributed by atoms with E-state index >= 15 is 0 Å². The maximum absolute atomic E-state index is 12.7. The fraction of sp³-hybridized carbons (Fsp3) is 0.286. The van der Waals surface area contributed by atoms with Gasteiger partial charge in [0.15, 0.2) is 4.80 Å². The lowest BCUT2D eigenvalue weighted by molar-refractivity contribution is -0.118. The highest BCUT2D eigenvalue weighted by molar-refractivity contribution is 7.07. The van der Waals surface area contributed by atoms with Gasteiger partial charge in [0.05, 0.1) is 6.61 Å². The van der Waals surface area contributed by atoms with Crippen LogP contribution in [-0.4, -0.2) is 17.1 Å². The van der Waals surface area contributed by atoms with Gasteiger partial charge in [0.1, 0.15) is 11.6 Å². The first kappa shape index (κ1) is 14.5. The first-order valence-corrected chi connectivity index (χ1v) is 7.09. The number of amides is 1. The van der Waals surface area contributed by atoms with Crippen molar-refractivity contribution >= 4 is 17.2 Å². The summed E-state index contributed by atoms with van der Waals surface area (Å²) in [5, 5.41) is 1.88. The van der Waals surface area contributed by atoms with Crippen LogP contribution >= 0.6 is 11.3 Å². The number of aryl methyl sites for hydroxylation is 1. The molecule has 0 spiro atoms. The zero-order valence-electron chi connectivity index (χ0n) is 11.1. The topological polar surface area (TPSA) is 43.6 Å². The molecule has 6 heteroatoms. The molecule has 0 bridgehead atoms. The summed E-state index contributed by atoms with van der Waals surface area (Å²) < 4.78 is 19.9. The average molecular weight is 294 g/mol. The van der Waals surface area contributed by atoms with E-state index in [-0.39, 0.29) is 11.7 Å². The first-order chi connectivity index (χ1) is 9.65. The monoisotopic (exact) mass is 294 g/mol. The number of hydrogen-bond acceptors (Lipinski definition) is 3. The molecule has 0 unspecified atom stereocenters. The van der Waals surface area contributed by atoms with Crippen molar-refractivity contribution < 1.29 is 13.9 Å². The number of ether oxygens (including phenoxy) is 1. The van der Waals surface area contributed by atoms with Gasteiger partial charge in [-0.15, -0.1) is 11.3 Å². The van der Waals surface area contributed by atoms with E-state index in [4.69, 9.17) is 4.74 Å². The van der Waals surface area contributed by atoms with E-state index in [9.17, 15) is 9.18 Å². The third kappa shape index (κ3) is 4.31. The molecule has 0 saturated heterocycles. The van der Waals surface area contributed by atoms with Gasteiger partial charge in [0.25, 0.3) is 0 Å². The fourth-order valence-corrected chi connectivity index (χ4v) is 2.29. The van der Waals surface area contributed by atoms with Crippen LogP contribution in [0, 0.1) is 5.82 Å². The van der Waals surface area contributed by atoms with Gasteiger partial charge in [-0.05, 0) is 30.7 Å². The molecule has 0 saturated carbocycles. The van der Waals surface area contributed by atoms with Crippen molar-refractivity contribution in [1.29, 1.82) is 0 Å². The Morgan fingerprint density at radius 3 is 2.80 bits per heavy atom. The summed E-state index contributed by atoms with van der Waals surface area (Å²) >= 11 is 1.42. The second-order valence-corrected chi connectivity index (χ2v) is 5.08. The minimum absolute atomic E-state index is 0.161. The van der Waals surface area contributed by atoms with Crippen LogP contribution in [0.4, 0.5) is 4.39 Å². The molecule has 0 aliphatic rings. The van der Waals surface area contributed by atoms with Gasteiger partial charge in [-0.25, -0.2) is 4.39 Å². The summed E-state index contributed by atoms with van der Waals surface area (Å²) in [4.78, 5) is 16.3. The number of aromatic nitrogens is 1. The summed E-state index contributed by atoms with van der Waals surface area (Å²) in [5.41, 5.74) is 0. The molecule has 2 rings (SSSR count). The first-order valence-electron chi connectivity index (χ1n) is 6.21. The Hall–Kier alpha value is -1.95. The minimum atomic E-state index is -0.296. The molecule has 1 amide bonds. The minimum Gasteiger partial charge on any atom is -0.494 e. The van der Waals surface area contributed by atoms with E-state index in [0.29, 0.717) is 30.0 Å². The Morgan fingerprint density at radius 1 is 1.40 bits per heavy atom. The zero-order chi connectivity index (χ0) is 14.4. The molecule has 0 atom stereocenters. The molecule has 1 heterocycles. The van der Waals surface area contributed by atoms with Gasteiger partial charge < -0.3 is 9.30 Å². The van der Waals surface area contributed by atoms with Crippen LogP contribution in [0.25, 0.3) is 0 Å². The second kappa shape index (κ2) is 7.00. The van der Waals surface area contributed by atoms with Crippen molar-refractivity contribution in [2.24, 2.45) is 12.0 Å². The van der Waals surface area contributed by atoms with Gasteiger partial charge in [0, 0.05) is 25.0 Å². The molecule has 0 aliphatic heterocycles. The van der Waals surface area contributed by atoms with E-state index in [2.05, 4.69) is 4.99 Å². The number of carbonyl (C=O) groups excluding carboxylic acids is 1. The van der Waals surface area contributed by atoms with Crippen LogP contribution in [0.3, 0.4) is 0 Å². The number of rotatable bonds is 5. The van der Waals surface area contributed by atoms with Crippen molar-refractivity contribution in [2.45, 2.75) is 12.8 Å². The molecule has 1 aromatic heterocycles. The van der Waals surface area contributed by atoms with E-state index in [0.717, 1.165) is 0 Å². The number of nitrogens with zero attached hydrogens (tertiary/aromatic N) is 2. The Morgan fingerprint density at radius 2 is 2.15 bits per heavy atom. The number of hydrogen-bond donors (Lipinski definition) is 0. The molecule has 20 heavy (non-hydrogen) atoms. The predicted octanol–water partition coefficient (Wildman–Crippen LogP) is 2.51. The fourth-order valence-electron chi connectivity index (χ4n) is 1.54. The van der Waals surface area contributed by atoms with Crippen molar-refractivity contribution in [3.63, 3.8) is 0 Å². The predicted molar refractivity (Wildman–Crippen MR) is 75.0 cm³/mol. The van der Waals surface area contributed by atoms with Crippen LogP contribution in [0.2, 0.25) is 0 Å². The van der Waals surface area contributed by atoms with Gasteiger partial charge in [-0.2, -0.15) is 4.99 Å². The summed E-state index contributed by atoms with van der Waals surface area (Å²) in [5.74, 6) is 0.140. The van der Waals surface area contributed by atoms with Crippen LogP contribution in [0.15, 0.2) is 40.8 Å². The lowest BCUT2D eigenvalue weighted by atomic mass is 10.3. The highest BCUT2D eigenvalue weighted by atomic mass is 32.1. The van der Waals surface area contributed by atoms with E-state index < -0.39 is 0 Å². The normalized spacial score (nSPS) is 11.6. The molecular formula is C14H15FN2O2S.